The summed E-state index contributed by atoms with van der Waals surface area (Å²) in [6, 6.07) is 9.73. The number of nitrogens with zero attached hydrogens (tertiary/aromatic N) is 1. The van der Waals surface area contributed by atoms with Crippen molar-refractivity contribution < 1.29 is 9.90 Å². The average molecular weight is 270 g/mol. The molecular formula is C16H18N2O2. The predicted molar refractivity (Wildman–Crippen MR) is 80.0 cm³/mol. The Labute approximate surface area is 118 Å². The molecule has 2 N–H and O–H groups in total. The van der Waals surface area contributed by atoms with Crippen molar-refractivity contribution >= 4 is 22.9 Å². The van der Waals surface area contributed by atoms with Crippen molar-refractivity contribution in [1.29, 1.82) is 0 Å². The van der Waals surface area contributed by atoms with Gasteiger partial charge in [0.25, 0.3) is 0 Å². The minimum atomic E-state index is -0.168. The van der Waals surface area contributed by atoms with Crippen LogP contribution in [0.15, 0.2) is 42.6 Å². The second-order valence-corrected chi connectivity index (χ2v) is 4.79. The van der Waals surface area contributed by atoms with Gasteiger partial charge < -0.3 is 10.4 Å². The summed E-state index contributed by atoms with van der Waals surface area (Å²) in [5, 5.41) is 12.7. The largest absolute Gasteiger partial charge is 0.396 e. The van der Waals surface area contributed by atoms with Crippen LogP contribution >= 0.6 is 0 Å². The minimum absolute atomic E-state index is 0.0616. The van der Waals surface area contributed by atoms with Gasteiger partial charge in [-0.15, -0.1) is 0 Å². The first-order valence-electron chi connectivity index (χ1n) is 6.61. The first-order valence-corrected chi connectivity index (χ1v) is 6.61. The molecule has 1 aromatic carbocycles. The molecule has 0 radical (unpaired) electrons. The molecule has 0 fully saturated rings. The summed E-state index contributed by atoms with van der Waals surface area (Å²) in [4.78, 5) is 16.0. The number of aromatic nitrogens is 1. The van der Waals surface area contributed by atoms with Crippen LogP contribution in [0.3, 0.4) is 0 Å². The quantitative estimate of drug-likeness (QED) is 0.817. The molecule has 0 aliphatic heterocycles. The number of hydrogen-bond acceptors (Lipinski definition) is 3. The fraction of sp³-hybridized carbons (Fsp3) is 0.250. The molecule has 0 saturated carbocycles. The summed E-state index contributed by atoms with van der Waals surface area (Å²) in [7, 11) is 0. The van der Waals surface area contributed by atoms with E-state index < -0.39 is 0 Å². The van der Waals surface area contributed by atoms with Gasteiger partial charge in [0, 0.05) is 36.4 Å². The van der Waals surface area contributed by atoms with E-state index in [0.717, 1.165) is 16.5 Å². The third-order valence-electron chi connectivity index (χ3n) is 3.01. The van der Waals surface area contributed by atoms with Gasteiger partial charge in [-0.3, -0.25) is 9.78 Å². The first-order chi connectivity index (χ1) is 9.70. The van der Waals surface area contributed by atoms with E-state index in [2.05, 4.69) is 10.3 Å². The van der Waals surface area contributed by atoms with Gasteiger partial charge in [0.2, 0.25) is 5.91 Å². The van der Waals surface area contributed by atoms with Crippen LogP contribution in [-0.2, 0) is 4.79 Å². The molecule has 0 aliphatic rings. The number of aliphatic hydroxyl groups excluding tert-OH is 1. The number of benzene rings is 1. The second-order valence-electron chi connectivity index (χ2n) is 4.79. The highest BCUT2D eigenvalue weighted by molar-refractivity contribution is 5.95. The maximum Gasteiger partial charge on any atom is 0.244 e. The molecule has 4 nitrogen and oxygen atoms in total. The van der Waals surface area contributed by atoms with Gasteiger partial charge in [0.15, 0.2) is 0 Å². The molecule has 0 spiro atoms. The average Bonchev–Trinajstić information content (AvgIpc) is 2.50. The highest BCUT2D eigenvalue weighted by Crippen LogP contribution is 2.16. The number of carbonyl (C=O) groups is 1. The van der Waals surface area contributed by atoms with E-state index in [-0.39, 0.29) is 18.4 Å². The number of aliphatic hydroxyl groups is 1. The maximum absolute atomic E-state index is 11.7. The smallest absolute Gasteiger partial charge is 0.244 e. The summed E-state index contributed by atoms with van der Waals surface area (Å²) in [5.41, 5.74) is 1.79. The van der Waals surface area contributed by atoms with Crippen molar-refractivity contribution in [3.8, 4) is 0 Å². The summed E-state index contributed by atoms with van der Waals surface area (Å²) >= 11 is 0. The third kappa shape index (κ3) is 3.65. The Bertz CT molecular complexity index is 617. The van der Waals surface area contributed by atoms with Gasteiger partial charge in [-0.2, -0.15) is 0 Å². The molecule has 1 unspecified atom stereocenters. The topological polar surface area (TPSA) is 62.2 Å². The molecule has 2 aromatic rings. The summed E-state index contributed by atoms with van der Waals surface area (Å²) in [6.45, 7) is 2.41. The molecule has 4 heteroatoms. The summed E-state index contributed by atoms with van der Waals surface area (Å²) < 4.78 is 0. The Morgan fingerprint density at radius 3 is 3.00 bits per heavy atom. The van der Waals surface area contributed by atoms with Crippen molar-refractivity contribution in [3.63, 3.8) is 0 Å². The van der Waals surface area contributed by atoms with Gasteiger partial charge in [-0.1, -0.05) is 31.2 Å². The molecule has 1 aromatic heterocycles. The third-order valence-corrected chi connectivity index (χ3v) is 3.01. The SMILES string of the molecule is CC(CO)CNC(=O)/C=C/c1cccc2cccnc12. The number of pyridine rings is 1. The van der Waals surface area contributed by atoms with E-state index in [0.29, 0.717) is 6.54 Å². The van der Waals surface area contributed by atoms with Gasteiger partial charge in [0.1, 0.15) is 0 Å². The number of amides is 1. The number of carbonyl (C=O) groups excluding carboxylic acids is 1. The lowest BCUT2D eigenvalue weighted by atomic mass is 10.1. The van der Waals surface area contributed by atoms with Crippen LogP contribution in [0.1, 0.15) is 12.5 Å². The number of nitrogens with one attached hydrogen (secondary N) is 1. The fourth-order valence-electron chi connectivity index (χ4n) is 1.83. The van der Waals surface area contributed by atoms with Crippen molar-refractivity contribution in [1.82, 2.24) is 10.3 Å². The molecule has 1 amide bonds. The molecule has 2 rings (SSSR count). The lowest BCUT2D eigenvalue weighted by Crippen LogP contribution is -2.27. The Morgan fingerprint density at radius 2 is 2.20 bits per heavy atom. The van der Waals surface area contributed by atoms with E-state index in [9.17, 15) is 4.79 Å². The lowest BCUT2D eigenvalue weighted by Gasteiger charge is -2.07. The maximum atomic E-state index is 11.7. The van der Waals surface area contributed by atoms with Crippen LogP contribution in [0.4, 0.5) is 0 Å². The van der Waals surface area contributed by atoms with Crippen LogP contribution in [0.2, 0.25) is 0 Å². The molecular weight excluding hydrogens is 252 g/mol. The highest BCUT2D eigenvalue weighted by Gasteiger charge is 2.02. The predicted octanol–water partition coefficient (Wildman–Crippen LogP) is 1.99. The van der Waals surface area contributed by atoms with E-state index in [1.54, 1.807) is 12.3 Å². The Morgan fingerprint density at radius 1 is 1.40 bits per heavy atom. The van der Waals surface area contributed by atoms with Crippen LogP contribution in [-0.4, -0.2) is 29.1 Å². The van der Waals surface area contributed by atoms with E-state index in [1.807, 2.05) is 37.3 Å². The van der Waals surface area contributed by atoms with Gasteiger partial charge in [0.05, 0.1) is 5.52 Å². The van der Waals surface area contributed by atoms with Crippen LogP contribution in [0, 0.1) is 5.92 Å². The van der Waals surface area contributed by atoms with E-state index in [4.69, 9.17) is 5.11 Å². The number of fused-ring (bicyclic) bond motifs is 1. The minimum Gasteiger partial charge on any atom is -0.396 e. The zero-order valence-electron chi connectivity index (χ0n) is 11.4. The van der Waals surface area contributed by atoms with Crippen molar-refractivity contribution in [2.45, 2.75) is 6.92 Å². The van der Waals surface area contributed by atoms with E-state index in [1.165, 1.54) is 6.08 Å². The molecule has 0 bridgehead atoms. The van der Waals surface area contributed by atoms with Crippen LogP contribution in [0.25, 0.3) is 17.0 Å². The molecule has 104 valence electrons. The molecule has 1 atom stereocenters. The first kappa shape index (κ1) is 14.2. The summed E-state index contributed by atoms with van der Waals surface area (Å²) in [6.07, 6.45) is 4.99. The number of hydrogen-bond donors (Lipinski definition) is 2. The summed E-state index contributed by atoms with van der Waals surface area (Å²) in [5.74, 6) is -0.107. The van der Waals surface area contributed by atoms with Gasteiger partial charge in [-0.05, 0) is 18.1 Å². The Balaban J connectivity index is 2.08. The van der Waals surface area contributed by atoms with Crippen molar-refractivity contribution in [3.05, 3.63) is 48.2 Å². The standard InChI is InChI=1S/C16H18N2O2/c1-12(11-19)10-18-15(20)8-7-14-5-2-4-13-6-3-9-17-16(13)14/h2-9,12,19H,10-11H2,1H3,(H,18,20)/b8-7+. The normalized spacial score (nSPS) is 12.7. The van der Waals surface area contributed by atoms with Crippen LogP contribution in [0.5, 0.6) is 0 Å². The Hall–Kier alpha value is -2.20. The van der Waals surface area contributed by atoms with Gasteiger partial charge in [-0.25, -0.2) is 0 Å². The van der Waals surface area contributed by atoms with E-state index >= 15 is 0 Å². The van der Waals surface area contributed by atoms with Gasteiger partial charge >= 0.3 is 0 Å². The monoisotopic (exact) mass is 270 g/mol. The zero-order chi connectivity index (χ0) is 14.4. The second kappa shape index (κ2) is 6.82. The van der Waals surface area contributed by atoms with Crippen molar-refractivity contribution in [2.24, 2.45) is 5.92 Å². The highest BCUT2D eigenvalue weighted by atomic mass is 16.3. The Kier molecular flexibility index (Phi) is 4.85. The number of para-hydroxylation sites is 1. The zero-order valence-corrected chi connectivity index (χ0v) is 11.4. The molecule has 1 heterocycles. The van der Waals surface area contributed by atoms with Crippen LogP contribution < -0.4 is 5.32 Å². The molecule has 20 heavy (non-hydrogen) atoms. The lowest BCUT2D eigenvalue weighted by molar-refractivity contribution is -0.116. The van der Waals surface area contributed by atoms with Crippen molar-refractivity contribution in [2.75, 3.05) is 13.2 Å². The molecule has 0 aliphatic carbocycles. The fourth-order valence-corrected chi connectivity index (χ4v) is 1.83. The number of rotatable bonds is 5. The molecule has 0 saturated heterocycles.